The Bertz CT molecular complexity index is 788. The van der Waals surface area contributed by atoms with Gasteiger partial charge in [-0.3, -0.25) is 4.72 Å². The summed E-state index contributed by atoms with van der Waals surface area (Å²) in [5, 5.41) is 3.94. The largest absolute Gasteiger partial charge is 0.379 e. The van der Waals surface area contributed by atoms with Gasteiger partial charge in [-0.05, 0) is 19.2 Å². The Morgan fingerprint density at radius 3 is 2.74 bits per heavy atom. The molecular formula is C15H20N4O3S. The summed E-state index contributed by atoms with van der Waals surface area (Å²) in [6.45, 7) is 2.18. The van der Waals surface area contributed by atoms with E-state index in [1.807, 2.05) is 31.3 Å². The molecule has 0 atom stereocenters. The van der Waals surface area contributed by atoms with E-state index in [1.165, 1.54) is 4.31 Å². The van der Waals surface area contributed by atoms with Crippen molar-refractivity contribution >= 4 is 26.8 Å². The van der Waals surface area contributed by atoms with Crippen LogP contribution >= 0.6 is 0 Å². The maximum absolute atomic E-state index is 12.5. The van der Waals surface area contributed by atoms with Gasteiger partial charge >= 0.3 is 10.2 Å². The van der Waals surface area contributed by atoms with Crippen LogP contribution in [0.15, 0.2) is 30.3 Å². The van der Waals surface area contributed by atoms with Gasteiger partial charge in [0.15, 0.2) is 0 Å². The van der Waals surface area contributed by atoms with E-state index in [4.69, 9.17) is 4.74 Å². The van der Waals surface area contributed by atoms with Gasteiger partial charge in [-0.1, -0.05) is 18.2 Å². The Balaban J connectivity index is 1.93. The summed E-state index contributed by atoms with van der Waals surface area (Å²) in [5.41, 5.74) is 2.00. The molecule has 2 N–H and O–H groups in total. The number of fused-ring (bicyclic) bond motifs is 1. The molecule has 23 heavy (non-hydrogen) atoms. The van der Waals surface area contributed by atoms with Crippen LogP contribution in [-0.2, 0) is 21.5 Å². The van der Waals surface area contributed by atoms with Crippen LogP contribution in [0.3, 0.4) is 0 Å². The van der Waals surface area contributed by atoms with E-state index < -0.39 is 10.2 Å². The van der Waals surface area contributed by atoms with Crippen molar-refractivity contribution in [2.45, 2.75) is 6.54 Å². The van der Waals surface area contributed by atoms with Gasteiger partial charge in [-0.25, -0.2) is 4.98 Å². The Hall–Kier alpha value is -1.74. The summed E-state index contributed by atoms with van der Waals surface area (Å²) in [6.07, 6.45) is 0. The number of hydrogen-bond donors (Lipinski definition) is 2. The average molecular weight is 336 g/mol. The summed E-state index contributed by atoms with van der Waals surface area (Å²) < 4.78 is 34.3. The first-order valence-electron chi connectivity index (χ1n) is 7.49. The Morgan fingerprint density at radius 1 is 1.22 bits per heavy atom. The van der Waals surface area contributed by atoms with Gasteiger partial charge in [-0.15, -0.1) is 0 Å². The monoisotopic (exact) mass is 336 g/mol. The first-order chi connectivity index (χ1) is 11.1. The molecule has 2 heterocycles. The lowest BCUT2D eigenvalue weighted by Crippen LogP contribution is -2.43. The highest BCUT2D eigenvalue weighted by Crippen LogP contribution is 2.23. The number of nitrogens with one attached hydrogen (secondary N) is 2. The third kappa shape index (κ3) is 3.61. The number of aromatic nitrogens is 1. The minimum Gasteiger partial charge on any atom is -0.379 e. The third-order valence-electron chi connectivity index (χ3n) is 3.68. The van der Waals surface area contributed by atoms with Gasteiger partial charge in [0.2, 0.25) is 0 Å². The van der Waals surface area contributed by atoms with Gasteiger partial charge in [0.05, 0.1) is 30.1 Å². The van der Waals surface area contributed by atoms with E-state index >= 15 is 0 Å². The van der Waals surface area contributed by atoms with E-state index in [0.717, 1.165) is 11.1 Å². The van der Waals surface area contributed by atoms with Gasteiger partial charge in [0.25, 0.3) is 0 Å². The number of nitrogens with zero attached hydrogens (tertiary/aromatic N) is 2. The predicted octanol–water partition coefficient (Wildman–Crippen LogP) is 0.943. The fourth-order valence-corrected chi connectivity index (χ4v) is 3.74. The molecule has 0 aliphatic carbocycles. The number of anilines is 1. The van der Waals surface area contributed by atoms with E-state index in [0.29, 0.717) is 44.1 Å². The van der Waals surface area contributed by atoms with Crippen LogP contribution < -0.4 is 10.0 Å². The molecule has 1 saturated heterocycles. The molecule has 1 aromatic heterocycles. The zero-order chi connectivity index (χ0) is 16.3. The molecule has 3 rings (SSSR count). The van der Waals surface area contributed by atoms with Gasteiger partial charge in [-0.2, -0.15) is 12.7 Å². The minimum atomic E-state index is -3.61. The summed E-state index contributed by atoms with van der Waals surface area (Å²) in [7, 11) is -1.76. The second-order valence-electron chi connectivity index (χ2n) is 5.33. The second kappa shape index (κ2) is 6.79. The number of pyridine rings is 1. The maximum Gasteiger partial charge on any atom is 0.301 e. The molecule has 7 nitrogen and oxygen atoms in total. The molecule has 1 aliphatic rings. The highest BCUT2D eigenvalue weighted by Gasteiger charge is 2.24. The van der Waals surface area contributed by atoms with E-state index in [-0.39, 0.29) is 0 Å². The second-order valence-corrected chi connectivity index (χ2v) is 7.00. The van der Waals surface area contributed by atoms with Crippen molar-refractivity contribution < 1.29 is 13.2 Å². The summed E-state index contributed by atoms with van der Waals surface area (Å²) in [4.78, 5) is 4.56. The van der Waals surface area contributed by atoms with Crippen molar-refractivity contribution in [3.63, 3.8) is 0 Å². The van der Waals surface area contributed by atoms with Crippen molar-refractivity contribution in [3.05, 3.63) is 36.0 Å². The number of benzene rings is 1. The van der Waals surface area contributed by atoms with Gasteiger partial charge in [0.1, 0.15) is 0 Å². The zero-order valence-corrected chi connectivity index (χ0v) is 13.8. The highest BCUT2D eigenvalue weighted by atomic mass is 32.2. The van der Waals surface area contributed by atoms with Crippen molar-refractivity contribution in [1.82, 2.24) is 14.6 Å². The molecule has 0 amide bonds. The number of para-hydroxylation sites is 1. The van der Waals surface area contributed by atoms with Crippen molar-refractivity contribution in [3.8, 4) is 0 Å². The number of hydrogen-bond acceptors (Lipinski definition) is 5. The molecular weight excluding hydrogens is 316 g/mol. The molecule has 1 fully saturated rings. The molecule has 0 unspecified atom stereocenters. The molecule has 0 saturated carbocycles. The molecule has 0 radical (unpaired) electrons. The molecule has 124 valence electrons. The first-order valence-corrected chi connectivity index (χ1v) is 8.93. The normalized spacial score (nSPS) is 16.6. The SMILES string of the molecule is CNCc1ccc2cccc(NS(=O)(=O)N3CCOCC3)c2n1. The van der Waals surface area contributed by atoms with Crippen LogP contribution in [-0.4, -0.2) is 51.1 Å². The Labute approximate surface area is 135 Å². The minimum absolute atomic E-state index is 0.360. The third-order valence-corrected chi connectivity index (χ3v) is 5.21. The lowest BCUT2D eigenvalue weighted by Gasteiger charge is -2.26. The van der Waals surface area contributed by atoms with E-state index in [1.54, 1.807) is 6.07 Å². The number of morpholine rings is 1. The van der Waals surface area contributed by atoms with Crippen LogP contribution in [0, 0.1) is 0 Å². The van der Waals surface area contributed by atoms with Crippen LogP contribution in [0.5, 0.6) is 0 Å². The standard InChI is InChI=1S/C15H20N4O3S/c1-16-11-13-6-5-12-3-2-4-14(15(12)17-13)18-23(20,21)19-7-9-22-10-8-19/h2-6,16,18H,7-11H2,1H3. The first kappa shape index (κ1) is 16.1. The van der Waals surface area contributed by atoms with Crippen molar-refractivity contribution in [2.75, 3.05) is 38.1 Å². The molecule has 8 heteroatoms. The number of ether oxygens (including phenoxy) is 1. The average Bonchev–Trinajstić information content (AvgIpc) is 2.56. The summed E-state index contributed by atoms with van der Waals surface area (Å²) in [6, 6.07) is 9.34. The summed E-state index contributed by atoms with van der Waals surface area (Å²) in [5.74, 6) is 0. The van der Waals surface area contributed by atoms with Crippen molar-refractivity contribution in [2.24, 2.45) is 0 Å². The quantitative estimate of drug-likeness (QED) is 0.849. The van der Waals surface area contributed by atoms with Gasteiger partial charge < -0.3 is 10.1 Å². The fraction of sp³-hybridized carbons (Fsp3) is 0.400. The topological polar surface area (TPSA) is 83.6 Å². The van der Waals surface area contributed by atoms with Gasteiger partial charge in [0, 0.05) is 25.0 Å². The van der Waals surface area contributed by atoms with Crippen LogP contribution in [0.1, 0.15) is 5.69 Å². The van der Waals surface area contributed by atoms with Crippen LogP contribution in [0.25, 0.3) is 10.9 Å². The molecule has 0 bridgehead atoms. The molecule has 1 aromatic carbocycles. The Morgan fingerprint density at radius 2 is 2.00 bits per heavy atom. The van der Waals surface area contributed by atoms with E-state index in [2.05, 4.69) is 15.0 Å². The summed E-state index contributed by atoms with van der Waals surface area (Å²) >= 11 is 0. The molecule has 1 aliphatic heterocycles. The van der Waals surface area contributed by atoms with E-state index in [9.17, 15) is 8.42 Å². The lowest BCUT2D eigenvalue weighted by atomic mass is 10.2. The highest BCUT2D eigenvalue weighted by molar-refractivity contribution is 7.90. The smallest absolute Gasteiger partial charge is 0.301 e. The van der Waals surface area contributed by atoms with Crippen LogP contribution in [0.2, 0.25) is 0 Å². The zero-order valence-electron chi connectivity index (χ0n) is 12.9. The molecule has 2 aromatic rings. The fourth-order valence-electron chi connectivity index (χ4n) is 2.54. The molecule has 0 spiro atoms. The lowest BCUT2D eigenvalue weighted by molar-refractivity contribution is 0.0733. The van der Waals surface area contributed by atoms with Crippen molar-refractivity contribution in [1.29, 1.82) is 0 Å². The predicted molar refractivity (Wildman–Crippen MR) is 89.4 cm³/mol. The van der Waals surface area contributed by atoms with Crippen LogP contribution in [0.4, 0.5) is 5.69 Å². The maximum atomic E-state index is 12.5. The number of rotatable bonds is 5. The Kier molecular flexibility index (Phi) is 4.76.